The van der Waals surface area contributed by atoms with Crippen molar-refractivity contribution in [3.8, 4) is 0 Å². The van der Waals surface area contributed by atoms with Crippen LogP contribution in [0.3, 0.4) is 0 Å². The summed E-state index contributed by atoms with van der Waals surface area (Å²) in [5, 5.41) is 3.34. The molecule has 1 aliphatic rings. The molecule has 1 saturated heterocycles. The standard InChI is InChI=1S/C13H26N2O3S/c1-6-7-11-13(16)15(12(14-11)9(2)3)10(4)8-19(5,17)18/h9-12,14H,6-8H2,1-5H3. The highest BCUT2D eigenvalue weighted by molar-refractivity contribution is 7.90. The minimum Gasteiger partial charge on any atom is -0.322 e. The number of nitrogens with zero attached hydrogens (tertiary/aromatic N) is 1. The average molecular weight is 290 g/mol. The molecule has 112 valence electrons. The van der Waals surface area contributed by atoms with Crippen LogP contribution in [0.5, 0.6) is 0 Å². The van der Waals surface area contributed by atoms with E-state index in [1.807, 2.05) is 27.7 Å². The molecule has 6 heteroatoms. The highest BCUT2D eigenvalue weighted by Gasteiger charge is 2.42. The molecule has 1 aliphatic heterocycles. The van der Waals surface area contributed by atoms with Gasteiger partial charge in [0.15, 0.2) is 0 Å². The maximum absolute atomic E-state index is 12.4. The number of sulfone groups is 1. The fourth-order valence-electron chi connectivity index (χ4n) is 2.69. The quantitative estimate of drug-likeness (QED) is 0.792. The molecular weight excluding hydrogens is 264 g/mol. The largest absolute Gasteiger partial charge is 0.322 e. The predicted molar refractivity (Wildman–Crippen MR) is 76.5 cm³/mol. The summed E-state index contributed by atoms with van der Waals surface area (Å²) in [5.41, 5.74) is 0. The van der Waals surface area contributed by atoms with Crippen molar-refractivity contribution in [1.82, 2.24) is 10.2 Å². The molecule has 1 rings (SSSR count). The first-order valence-corrected chi connectivity index (χ1v) is 8.99. The molecule has 0 aliphatic carbocycles. The number of hydrogen-bond donors (Lipinski definition) is 1. The van der Waals surface area contributed by atoms with Gasteiger partial charge in [-0.3, -0.25) is 10.1 Å². The van der Waals surface area contributed by atoms with Gasteiger partial charge in [0.1, 0.15) is 9.84 Å². The fraction of sp³-hybridized carbons (Fsp3) is 0.923. The molecular formula is C13H26N2O3S. The van der Waals surface area contributed by atoms with Gasteiger partial charge in [-0.2, -0.15) is 0 Å². The first-order chi connectivity index (χ1) is 8.67. The number of amides is 1. The van der Waals surface area contributed by atoms with E-state index in [0.29, 0.717) is 0 Å². The zero-order valence-electron chi connectivity index (χ0n) is 12.5. The summed E-state index contributed by atoms with van der Waals surface area (Å²) in [4.78, 5) is 14.1. The number of nitrogens with one attached hydrogen (secondary N) is 1. The van der Waals surface area contributed by atoms with Crippen LogP contribution in [0, 0.1) is 5.92 Å². The Bertz CT molecular complexity index is 420. The highest BCUT2D eigenvalue weighted by Crippen LogP contribution is 2.23. The van der Waals surface area contributed by atoms with Crippen LogP contribution in [0.1, 0.15) is 40.5 Å². The number of carbonyl (C=O) groups excluding carboxylic acids is 1. The summed E-state index contributed by atoms with van der Waals surface area (Å²) in [7, 11) is -3.08. The molecule has 19 heavy (non-hydrogen) atoms. The Hall–Kier alpha value is -0.620. The van der Waals surface area contributed by atoms with Crippen LogP contribution in [0.2, 0.25) is 0 Å². The lowest BCUT2D eigenvalue weighted by atomic mass is 10.1. The molecule has 1 N–H and O–H groups in total. The van der Waals surface area contributed by atoms with Crippen LogP contribution in [0.4, 0.5) is 0 Å². The second kappa shape index (κ2) is 6.22. The maximum Gasteiger partial charge on any atom is 0.241 e. The fourth-order valence-corrected chi connectivity index (χ4v) is 3.73. The van der Waals surface area contributed by atoms with Gasteiger partial charge in [-0.15, -0.1) is 0 Å². The van der Waals surface area contributed by atoms with E-state index in [4.69, 9.17) is 0 Å². The van der Waals surface area contributed by atoms with Crippen LogP contribution in [0.25, 0.3) is 0 Å². The van der Waals surface area contributed by atoms with Crippen LogP contribution in [-0.2, 0) is 14.6 Å². The minimum absolute atomic E-state index is 0.0164. The number of rotatable bonds is 6. The molecule has 0 spiro atoms. The van der Waals surface area contributed by atoms with E-state index in [1.165, 1.54) is 6.26 Å². The van der Waals surface area contributed by atoms with Crippen molar-refractivity contribution in [2.45, 2.75) is 58.8 Å². The van der Waals surface area contributed by atoms with Crippen molar-refractivity contribution in [1.29, 1.82) is 0 Å². The van der Waals surface area contributed by atoms with Crippen molar-refractivity contribution in [3.63, 3.8) is 0 Å². The van der Waals surface area contributed by atoms with Gasteiger partial charge in [-0.1, -0.05) is 27.2 Å². The van der Waals surface area contributed by atoms with Gasteiger partial charge in [0.25, 0.3) is 0 Å². The van der Waals surface area contributed by atoms with Crippen molar-refractivity contribution < 1.29 is 13.2 Å². The smallest absolute Gasteiger partial charge is 0.241 e. The zero-order chi connectivity index (χ0) is 14.8. The molecule has 3 unspecified atom stereocenters. The van der Waals surface area contributed by atoms with Crippen molar-refractivity contribution >= 4 is 15.7 Å². The summed E-state index contributed by atoms with van der Waals surface area (Å²) in [6.45, 7) is 7.94. The summed E-state index contributed by atoms with van der Waals surface area (Å²) in [6.07, 6.45) is 2.87. The summed E-state index contributed by atoms with van der Waals surface area (Å²) in [5.74, 6) is 0.312. The third-order valence-corrected chi connectivity index (χ3v) is 4.54. The Labute approximate surface area is 116 Å². The lowest BCUT2D eigenvalue weighted by Crippen LogP contribution is -2.48. The Balaban J connectivity index is 2.90. The number of hydrogen-bond acceptors (Lipinski definition) is 4. The highest BCUT2D eigenvalue weighted by atomic mass is 32.2. The monoisotopic (exact) mass is 290 g/mol. The lowest BCUT2D eigenvalue weighted by Gasteiger charge is -2.32. The van der Waals surface area contributed by atoms with Gasteiger partial charge in [-0.25, -0.2) is 8.42 Å². The molecule has 0 bridgehead atoms. The molecule has 0 saturated carbocycles. The van der Waals surface area contributed by atoms with E-state index in [1.54, 1.807) is 4.90 Å². The third-order valence-electron chi connectivity index (χ3n) is 3.45. The van der Waals surface area contributed by atoms with Gasteiger partial charge in [0.05, 0.1) is 18.0 Å². The first kappa shape index (κ1) is 16.4. The van der Waals surface area contributed by atoms with Gasteiger partial charge in [0.2, 0.25) is 5.91 Å². The molecule has 0 radical (unpaired) electrons. The Morgan fingerprint density at radius 3 is 2.32 bits per heavy atom. The molecule has 0 aromatic rings. The molecule has 1 heterocycles. The molecule has 0 aromatic heterocycles. The lowest BCUT2D eigenvalue weighted by molar-refractivity contribution is -0.132. The van der Waals surface area contributed by atoms with Gasteiger partial charge in [-0.05, 0) is 19.3 Å². The van der Waals surface area contributed by atoms with Crippen LogP contribution < -0.4 is 5.32 Å². The van der Waals surface area contributed by atoms with E-state index in [0.717, 1.165) is 12.8 Å². The van der Waals surface area contributed by atoms with Crippen LogP contribution >= 0.6 is 0 Å². The summed E-state index contributed by atoms with van der Waals surface area (Å²) in [6, 6.07) is -0.455. The molecule has 1 fully saturated rings. The maximum atomic E-state index is 12.4. The van der Waals surface area contributed by atoms with Crippen molar-refractivity contribution in [3.05, 3.63) is 0 Å². The topological polar surface area (TPSA) is 66.5 Å². The predicted octanol–water partition coefficient (Wildman–Crippen LogP) is 1.00. The Morgan fingerprint density at radius 2 is 1.89 bits per heavy atom. The molecule has 5 nitrogen and oxygen atoms in total. The summed E-state index contributed by atoms with van der Waals surface area (Å²) < 4.78 is 22.9. The Kier molecular flexibility index (Phi) is 5.38. The van der Waals surface area contributed by atoms with Crippen LogP contribution in [-0.4, -0.2) is 49.5 Å². The minimum atomic E-state index is -3.08. The van der Waals surface area contributed by atoms with E-state index < -0.39 is 9.84 Å². The third kappa shape index (κ3) is 4.18. The van der Waals surface area contributed by atoms with E-state index in [9.17, 15) is 13.2 Å². The van der Waals surface area contributed by atoms with E-state index >= 15 is 0 Å². The van der Waals surface area contributed by atoms with Gasteiger partial charge >= 0.3 is 0 Å². The van der Waals surface area contributed by atoms with E-state index in [-0.39, 0.29) is 35.8 Å². The average Bonchev–Trinajstić information content (AvgIpc) is 2.54. The van der Waals surface area contributed by atoms with Crippen molar-refractivity contribution in [2.24, 2.45) is 5.92 Å². The normalized spacial score (nSPS) is 26.2. The SMILES string of the molecule is CCCC1NC(C(C)C)N(C(C)CS(C)(=O)=O)C1=O. The Morgan fingerprint density at radius 1 is 1.32 bits per heavy atom. The molecule has 1 amide bonds. The van der Waals surface area contributed by atoms with Gasteiger partial charge in [0, 0.05) is 12.3 Å². The van der Waals surface area contributed by atoms with Gasteiger partial charge < -0.3 is 4.90 Å². The number of carbonyl (C=O) groups is 1. The summed E-state index contributed by atoms with van der Waals surface area (Å²) >= 11 is 0. The van der Waals surface area contributed by atoms with E-state index in [2.05, 4.69) is 5.32 Å². The second-order valence-corrected chi connectivity index (χ2v) is 8.07. The van der Waals surface area contributed by atoms with Crippen molar-refractivity contribution in [2.75, 3.05) is 12.0 Å². The molecule has 3 atom stereocenters. The van der Waals surface area contributed by atoms with Crippen LogP contribution in [0.15, 0.2) is 0 Å². The zero-order valence-corrected chi connectivity index (χ0v) is 13.3. The molecule has 0 aromatic carbocycles. The first-order valence-electron chi connectivity index (χ1n) is 6.93. The second-order valence-electron chi connectivity index (χ2n) is 5.88.